The third-order valence-electron chi connectivity index (χ3n) is 6.23. The first-order valence-electron chi connectivity index (χ1n) is 11.5. The van der Waals surface area contributed by atoms with E-state index in [0.29, 0.717) is 25.1 Å². The summed E-state index contributed by atoms with van der Waals surface area (Å²) in [7, 11) is 0. The number of likely N-dealkylation sites (N-methyl/N-ethyl adjacent to an activating group) is 1. The van der Waals surface area contributed by atoms with Crippen molar-refractivity contribution >= 4 is 22.6 Å². The Morgan fingerprint density at radius 2 is 2.03 bits per heavy atom. The number of amides is 2. The van der Waals surface area contributed by atoms with Crippen molar-refractivity contribution < 1.29 is 19.7 Å². The van der Waals surface area contributed by atoms with E-state index in [9.17, 15) is 15.0 Å². The van der Waals surface area contributed by atoms with E-state index in [2.05, 4.69) is 21.7 Å². The summed E-state index contributed by atoms with van der Waals surface area (Å²) < 4.78 is 6.02. The maximum Gasteiger partial charge on any atom is 0.316 e. The van der Waals surface area contributed by atoms with Gasteiger partial charge in [0.25, 0.3) is 0 Å². The Hall–Kier alpha value is -3.23. The van der Waals surface area contributed by atoms with Crippen LogP contribution in [0.5, 0.6) is 11.5 Å². The predicted molar refractivity (Wildman–Crippen MR) is 129 cm³/mol. The fraction of sp³-hybridized carbons (Fsp3) is 0.400. The minimum Gasteiger partial charge on any atom is -0.506 e. The zero-order chi connectivity index (χ0) is 23.4. The number of benzene rings is 2. The van der Waals surface area contributed by atoms with Gasteiger partial charge in [-0.1, -0.05) is 13.0 Å². The van der Waals surface area contributed by atoms with Gasteiger partial charge in [-0.05, 0) is 74.0 Å². The molecule has 1 heterocycles. The van der Waals surface area contributed by atoms with Crippen LogP contribution in [0.15, 0.2) is 36.4 Å². The number of ether oxygens (including phenoxy) is 1. The van der Waals surface area contributed by atoms with E-state index in [0.717, 1.165) is 24.1 Å². The summed E-state index contributed by atoms with van der Waals surface area (Å²) in [6, 6.07) is 9.70. The van der Waals surface area contributed by atoms with Gasteiger partial charge in [-0.2, -0.15) is 0 Å². The monoisotopic (exact) mass is 452 g/mol. The molecule has 0 aliphatic heterocycles. The zero-order valence-electron chi connectivity index (χ0n) is 18.9. The zero-order valence-corrected chi connectivity index (χ0v) is 18.9. The molecule has 2 aromatic carbocycles. The number of nitrogens with one attached hydrogen (secondary N) is 3. The molecule has 2 unspecified atom stereocenters. The topological polar surface area (TPSA) is 133 Å². The standard InChI is InChI=1S/C25H32N4O4/c1-2-27-20(24(31)15-7-10-23(30)22(13-15)29-25(26)32)11-12-33-16-8-9-18-17-5-3-4-6-19(17)28-21(18)14-16/h7-10,13-14,20,24,27-28,30-31H,2-6,11-12H2,1H3,(H3,26,29,32). The number of phenolic OH excluding ortho intramolecular Hbond substituents is 1. The van der Waals surface area contributed by atoms with Crippen molar-refractivity contribution in [1.82, 2.24) is 10.3 Å². The molecule has 8 heteroatoms. The van der Waals surface area contributed by atoms with Crippen molar-refractivity contribution in [3.8, 4) is 11.5 Å². The van der Waals surface area contributed by atoms with E-state index >= 15 is 0 Å². The van der Waals surface area contributed by atoms with Gasteiger partial charge in [0, 0.05) is 28.7 Å². The number of aromatic amines is 1. The van der Waals surface area contributed by atoms with Crippen LogP contribution in [-0.4, -0.2) is 40.4 Å². The molecule has 0 saturated carbocycles. The number of urea groups is 1. The van der Waals surface area contributed by atoms with Crippen LogP contribution in [-0.2, 0) is 12.8 Å². The van der Waals surface area contributed by atoms with Crippen molar-refractivity contribution in [1.29, 1.82) is 0 Å². The number of carbonyl (C=O) groups excluding carboxylic acids is 1. The number of primary amides is 1. The number of aliphatic hydroxyl groups excluding tert-OH is 1. The number of hydrogen-bond acceptors (Lipinski definition) is 5. The molecule has 1 aliphatic rings. The van der Waals surface area contributed by atoms with Crippen molar-refractivity contribution in [2.24, 2.45) is 5.73 Å². The number of nitrogens with two attached hydrogens (primary N) is 1. The lowest BCUT2D eigenvalue weighted by atomic mass is 9.96. The molecular weight excluding hydrogens is 420 g/mol. The minimum atomic E-state index is -0.861. The summed E-state index contributed by atoms with van der Waals surface area (Å²) in [5, 5.41) is 27.8. The molecule has 7 N–H and O–H groups in total. The summed E-state index contributed by atoms with van der Waals surface area (Å²) >= 11 is 0. The van der Waals surface area contributed by atoms with Gasteiger partial charge in [0.05, 0.1) is 18.4 Å². The lowest BCUT2D eigenvalue weighted by Crippen LogP contribution is -2.36. The third kappa shape index (κ3) is 5.23. The Balaban J connectivity index is 1.41. The second kappa shape index (κ2) is 10.1. The molecular formula is C25H32N4O4. The van der Waals surface area contributed by atoms with Gasteiger partial charge in [-0.15, -0.1) is 0 Å². The van der Waals surface area contributed by atoms with Gasteiger partial charge in [0.15, 0.2) is 0 Å². The van der Waals surface area contributed by atoms with E-state index in [1.165, 1.54) is 41.6 Å². The second-order valence-corrected chi connectivity index (χ2v) is 8.51. The highest BCUT2D eigenvalue weighted by Crippen LogP contribution is 2.32. The maximum absolute atomic E-state index is 11.2. The number of aromatic hydroxyl groups is 1. The fourth-order valence-electron chi connectivity index (χ4n) is 4.62. The molecule has 176 valence electrons. The molecule has 2 atom stereocenters. The van der Waals surface area contributed by atoms with Crippen molar-refractivity contribution in [3.63, 3.8) is 0 Å². The first kappa shape index (κ1) is 22.9. The molecule has 1 aromatic heterocycles. The van der Waals surface area contributed by atoms with Crippen LogP contribution < -0.4 is 21.1 Å². The number of carbonyl (C=O) groups is 1. The average Bonchev–Trinajstić information content (AvgIpc) is 3.17. The first-order chi connectivity index (χ1) is 16.0. The van der Waals surface area contributed by atoms with Crippen LogP contribution in [0.4, 0.5) is 10.5 Å². The summed E-state index contributed by atoms with van der Waals surface area (Å²) in [5.74, 6) is 0.679. The number of aromatic nitrogens is 1. The van der Waals surface area contributed by atoms with Crippen molar-refractivity contribution in [2.75, 3.05) is 18.5 Å². The first-order valence-corrected chi connectivity index (χ1v) is 11.5. The van der Waals surface area contributed by atoms with Crippen LogP contribution >= 0.6 is 0 Å². The quantitative estimate of drug-likeness (QED) is 0.275. The van der Waals surface area contributed by atoms with E-state index in [1.807, 2.05) is 19.1 Å². The van der Waals surface area contributed by atoms with Crippen molar-refractivity contribution in [3.05, 3.63) is 53.2 Å². The molecule has 4 rings (SSSR count). The highest BCUT2D eigenvalue weighted by molar-refractivity contribution is 5.89. The Kier molecular flexibility index (Phi) is 7.05. The second-order valence-electron chi connectivity index (χ2n) is 8.51. The van der Waals surface area contributed by atoms with Gasteiger partial charge in [0.1, 0.15) is 11.5 Å². The Labute approximate surface area is 193 Å². The number of anilines is 1. The molecule has 0 spiro atoms. The summed E-state index contributed by atoms with van der Waals surface area (Å²) in [6.45, 7) is 3.07. The average molecular weight is 453 g/mol. The molecule has 0 bridgehead atoms. The van der Waals surface area contributed by atoms with E-state index < -0.39 is 12.1 Å². The molecule has 2 amide bonds. The Morgan fingerprint density at radius 3 is 2.82 bits per heavy atom. The largest absolute Gasteiger partial charge is 0.506 e. The molecule has 8 nitrogen and oxygen atoms in total. The van der Waals surface area contributed by atoms with Crippen LogP contribution in [0.3, 0.4) is 0 Å². The normalized spacial score (nSPS) is 15.1. The number of aryl methyl sites for hydroxylation is 2. The third-order valence-corrected chi connectivity index (χ3v) is 6.23. The highest BCUT2D eigenvalue weighted by Gasteiger charge is 2.22. The molecule has 1 aliphatic carbocycles. The van der Waals surface area contributed by atoms with Gasteiger partial charge < -0.3 is 36.3 Å². The molecule has 33 heavy (non-hydrogen) atoms. The van der Waals surface area contributed by atoms with E-state index in [-0.39, 0.29) is 17.5 Å². The van der Waals surface area contributed by atoms with Gasteiger partial charge in [0.2, 0.25) is 0 Å². The number of phenols is 1. The SMILES string of the molecule is CCNC(CCOc1ccc2c3c([nH]c2c1)CCCC3)C(O)c1ccc(O)c(NC(N)=O)c1. The molecule has 0 saturated heterocycles. The minimum absolute atomic E-state index is 0.116. The van der Waals surface area contributed by atoms with Gasteiger partial charge in [-0.3, -0.25) is 0 Å². The lowest BCUT2D eigenvalue weighted by molar-refractivity contribution is 0.114. The van der Waals surface area contributed by atoms with Crippen LogP contribution in [0.2, 0.25) is 0 Å². The number of fused-ring (bicyclic) bond motifs is 3. The van der Waals surface area contributed by atoms with Gasteiger partial charge in [-0.25, -0.2) is 4.79 Å². The summed E-state index contributed by atoms with van der Waals surface area (Å²) in [4.78, 5) is 14.7. The smallest absolute Gasteiger partial charge is 0.316 e. The predicted octanol–water partition coefficient (Wildman–Crippen LogP) is 3.72. The number of hydrogen-bond donors (Lipinski definition) is 6. The Bertz CT molecular complexity index is 1130. The summed E-state index contributed by atoms with van der Waals surface area (Å²) in [5.41, 5.74) is 9.78. The van der Waals surface area contributed by atoms with Crippen LogP contribution in [0.1, 0.15) is 49.1 Å². The Morgan fingerprint density at radius 1 is 1.21 bits per heavy atom. The summed E-state index contributed by atoms with van der Waals surface area (Å²) in [6.07, 6.45) is 4.42. The van der Waals surface area contributed by atoms with Crippen molar-refractivity contribution in [2.45, 2.75) is 51.2 Å². The molecule has 0 radical (unpaired) electrons. The lowest BCUT2D eigenvalue weighted by Gasteiger charge is -2.25. The van der Waals surface area contributed by atoms with Gasteiger partial charge >= 0.3 is 6.03 Å². The molecule has 0 fully saturated rings. The fourth-order valence-corrected chi connectivity index (χ4v) is 4.62. The number of rotatable bonds is 9. The van der Waals surface area contributed by atoms with Crippen LogP contribution in [0, 0.1) is 0 Å². The number of aliphatic hydroxyl groups is 1. The van der Waals surface area contributed by atoms with Crippen LogP contribution in [0.25, 0.3) is 10.9 Å². The van der Waals surface area contributed by atoms with E-state index in [4.69, 9.17) is 10.5 Å². The molecule has 3 aromatic rings. The highest BCUT2D eigenvalue weighted by atomic mass is 16.5. The van der Waals surface area contributed by atoms with E-state index in [1.54, 1.807) is 6.07 Å². The number of H-pyrrole nitrogens is 1. The maximum atomic E-state index is 11.2.